The average molecular weight is 611 g/mol. The highest BCUT2D eigenvalue weighted by molar-refractivity contribution is 7.80. The molecule has 0 spiro atoms. The molecule has 43 heavy (non-hydrogen) atoms. The molecule has 224 valence electrons. The second-order valence-corrected chi connectivity index (χ2v) is 10.4. The number of carbonyl (C=O) groups excluding carboxylic acids is 2. The monoisotopic (exact) mass is 610 g/mol. The molecule has 2 amide bonds. The van der Waals surface area contributed by atoms with Crippen LogP contribution < -0.4 is 25.7 Å². The summed E-state index contributed by atoms with van der Waals surface area (Å²) in [6.45, 7) is 5.15. The van der Waals surface area contributed by atoms with E-state index < -0.39 is 35.5 Å². The van der Waals surface area contributed by atoms with Gasteiger partial charge in [0.25, 0.3) is 11.8 Å². The maximum Gasteiger partial charge on any atom is 0.267 e. The number of thiocarbonyl (C=S) groups is 1. The van der Waals surface area contributed by atoms with Crippen LogP contribution in [0.4, 0.5) is 26.0 Å². The molecule has 4 aromatic rings. The van der Waals surface area contributed by atoms with Gasteiger partial charge in [-0.2, -0.15) is 5.10 Å². The first kappa shape index (κ1) is 29.6. The van der Waals surface area contributed by atoms with Crippen molar-refractivity contribution in [1.29, 1.82) is 0 Å². The number of aromatic amines is 1. The van der Waals surface area contributed by atoms with Crippen molar-refractivity contribution in [1.82, 2.24) is 20.2 Å². The highest BCUT2D eigenvalue weighted by Gasteiger charge is 2.47. The van der Waals surface area contributed by atoms with Crippen molar-refractivity contribution in [3.8, 4) is 11.5 Å². The van der Waals surface area contributed by atoms with Crippen LogP contribution in [0.5, 0.6) is 11.5 Å². The number of H-pyrrole nitrogens is 1. The highest BCUT2D eigenvalue weighted by Crippen LogP contribution is 2.37. The zero-order valence-corrected chi connectivity index (χ0v) is 24.1. The lowest BCUT2D eigenvalue weighted by molar-refractivity contribution is -0.129. The Labute approximate surface area is 250 Å². The largest absolute Gasteiger partial charge is 0.453 e. The van der Waals surface area contributed by atoms with Crippen molar-refractivity contribution in [3.05, 3.63) is 66.4 Å². The third-order valence-electron chi connectivity index (χ3n) is 6.64. The van der Waals surface area contributed by atoms with Crippen LogP contribution in [0.25, 0.3) is 11.0 Å². The van der Waals surface area contributed by atoms with Gasteiger partial charge in [0.1, 0.15) is 17.0 Å². The number of benzene rings is 2. The van der Waals surface area contributed by atoms with Gasteiger partial charge in [0.2, 0.25) is 11.2 Å². The Hall–Kier alpha value is -4.89. The number of hydrogen-bond donors (Lipinski definition) is 4. The van der Waals surface area contributed by atoms with E-state index in [4.69, 9.17) is 22.7 Å². The van der Waals surface area contributed by atoms with E-state index in [0.717, 1.165) is 23.1 Å². The van der Waals surface area contributed by atoms with Crippen LogP contribution in [0.1, 0.15) is 20.8 Å². The fourth-order valence-electron chi connectivity index (χ4n) is 4.68. The van der Waals surface area contributed by atoms with E-state index in [-0.39, 0.29) is 40.6 Å². The van der Waals surface area contributed by atoms with Gasteiger partial charge >= 0.3 is 0 Å². The number of amides is 2. The van der Waals surface area contributed by atoms with Crippen LogP contribution in [-0.4, -0.2) is 67.0 Å². The fraction of sp³-hybridized carbons (Fsp3) is 0.250. The van der Waals surface area contributed by atoms with Gasteiger partial charge in [0.15, 0.2) is 23.0 Å². The minimum Gasteiger partial charge on any atom is -0.453 e. The number of ether oxygens (including phenoxy) is 1. The number of hydrogen-bond acceptors (Lipinski definition) is 9. The summed E-state index contributed by atoms with van der Waals surface area (Å²) >= 11 is 5.65. The van der Waals surface area contributed by atoms with E-state index in [1.165, 1.54) is 46.5 Å². The Kier molecular flexibility index (Phi) is 8.10. The Morgan fingerprint density at radius 3 is 2.47 bits per heavy atom. The summed E-state index contributed by atoms with van der Waals surface area (Å²) in [4.78, 5) is 31.7. The molecule has 0 saturated carbocycles. The van der Waals surface area contributed by atoms with Gasteiger partial charge in [0.05, 0.1) is 18.0 Å². The molecule has 12 nitrogen and oxygen atoms in total. The van der Waals surface area contributed by atoms with Crippen molar-refractivity contribution in [2.75, 3.05) is 21.8 Å². The fourth-order valence-corrected chi connectivity index (χ4v) is 5.17. The summed E-state index contributed by atoms with van der Waals surface area (Å²) in [6, 6.07) is 8.16. The number of anilines is 3. The second kappa shape index (κ2) is 11.8. The van der Waals surface area contributed by atoms with Crippen LogP contribution >= 0.6 is 12.2 Å². The number of rotatable bonds is 9. The third kappa shape index (κ3) is 5.51. The van der Waals surface area contributed by atoms with E-state index in [1.54, 1.807) is 20.8 Å². The van der Waals surface area contributed by atoms with Crippen LogP contribution in [0.2, 0.25) is 0 Å². The maximum atomic E-state index is 15.7. The predicted octanol–water partition coefficient (Wildman–Crippen LogP) is 3.44. The van der Waals surface area contributed by atoms with Crippen LogP contribution in [0, 0.1) is 11.6 Å². The van der Waals surface area contributed by atoms with Crippen molar-refractivity contribution >= 4 is 57.4 Å². The number of aromatic nitrogens is 3. The molecule has 0 bridgehead atoms. The highest BCUT2D eigenvalue weighted by atomic mass is 32.1. The molecule has 1 aliphatic heterocycles. The molecule has 1 unspecified atom stereocenters. The first-order valence-electron chi connectivity index (χ1n) is 13.2. The number of aliphatic hydroxyl groups is 1. The number of hydrazine groups is 1. The van der Waals surface area contributed by atoms with Crippen LogP contribution in [0.3, 0.4) is 0 Å². The standard InChI is InChI=1S/C28H28F2N8O4S/c1-14(2)37-28(43)36(17-6-4-16(29)5-7-17)27(41)23(24(31)40)38(37)18-8-9-20(19(30)12-18)42-21-10-11-32-25-22(21)26(35-34-25)33-15(3)13-39/h4-12,14-15,23,39H,13H2,1-3H3,(H2,31,40)(H2,32,33,34,35)/t15?,23-/m1/s1. The molecule has 5 N–H and O–H groups in total. The number of nitrogens with two attached hydrogens (primary N) is 1. The number of fused-ring (bicyclic) bond motifs is 1. The Morgan fingerprint density at radius 1 is 1.14 bits per heavy atom. The van der Waals surface area contributed by atoms with Crippen LogP contribution in [0.15, 0.2) is 54.7 Å². The number of aliphatic hydroxyl groups excluding tert-OH is 1. The molecule has 1 saturated heterocycles. The lowest BCUT2D eigenvalue weighted by atomic mass is 10.1. The van der Waals surface area contributed by atoms with Gasteiger partial charge in [-0.25, -0.2) is 13.8 Å². The van der Waals surface area contributed by atoms with Gasteiger partial charge in [-0.3, -0.25) is 29.6 Å². The summed E-state index contributed by atoms with van der Waals surface area (Å²) in [7, 11) is 0. The molecule has 1 aliphatic rings. The normalized spacial score (nSPS) is 16.3. The van der Waals surface area contributed by atoms with Gasteiger partial charge < -0.3 is 20.9 Å². The predicted molar refractivity (Wildman–Crippen MR) is 159 cm³/mol. The average Bonchev–Trinajstić information content (AvgIpc) is 3.37. The first-order valence-corrected chi connectivity index (χ1v) is 13.6. The Bertz CT molecular complexity index is 1700. The molecule has 5 rings (SSSR count). The van der Waals surface area contributed by atoms with E-state index in [0.29, 0.717) is 16.9 Å². The molecule has 0 aliphatic carbocycles. The summed E-state index contributed by atoms with van der Waals surface area (Å²) in [6.07, 6.45) is 1.46. The summed E-state index contributed by atoms with van der Waals surface area (Å²) in [5, 5.41) is 22.6. The minimum absolute atomic E-state index is 0.0129. The number of halogens is 2. The quantitative estimate of drug-likeness (QED) is 0.164. The van der Waals surface area contributed by atoms with Gasteiger partial charge in [-0.1, -0.05) is 0 Å². The topological polar surface area (TPSA) is 153 Å². The van der Waals surface area contributed by atoms with Gasteiger partial charge in [0, 0.05) is 30.4 Å². The van der Waals surface area contributed by atoms with Crippen molar-refractivity contribution in [2.24, 2.45) is 5.73 Å². The Balaban J connectivity index is 1.52. The molecule has 0 radical (unpaired) electrons. The molecule has 2 aromatic carbocycles. The number of carbonyl (C=O) groups is 2. The van der Waals surface area contributed by atoms with Crippen molar-refractivity contribution < 1.29 is 28.2 Å². The lowest BCUT2D eigenvalue weighted by Gasteiger charge is -2.50. The van der Waals surface area contributed by atoms with Crippen LogP contribution in [-0.2, 0) is 9.59 Å². The first-order chi connectivity index (χ1) is 20.5. The molecule has 2 aromatic heterocycles. The molecule has 1 fully saturated rings. The molecule has 2 atom stereocenters. The molecule has 15 heteroatoms. The third-order valence-corrected chi connectivity index (χ3v) is 7.01. The van der Waals surface area contributed by atoms with Crippen molar-refractivity contribution in [2.45, 2.75) is 38.9 Å². The van der Waals surface area contributed by atoms with Crippen molar-refractivity contribution in [3.63, 3.8) is 0 Å². The van der Waals surface area contributed by atoms with E-state index >= 15 is 4.39 Å². The zero-order valence-electron chi connectivity index (χ0n) is 23.3. The van der Waals surface area contributed by atoms with E-state index in [2.05, 4.69) is 20.5 Å². The van der Waals surface area contributed by atoms with Gasteiger partial charge in [-0.15, -0.1) is 0 Å². The molecule has 3 heterocycles. The van der Waals surface area contributed by atoms with E-state index in [1.807, 2.05) is 0 Å². The number of nitrogens with zero attached hydrogens (tertiary/aromatic N) is 5. The SMILES string of the molecule is CC(CO)Nc1n[nH]c2nccc(Oc3ccc(N4[C@H](C(N)=O)C(=O)N(c5ccc(F)cc5)C(=S)N4C(C)C)cc3F)c12. The number of primary amides is 1. The molecular formula is C28H28F2N8O4S. The maximum absolute atomic E-state index is 15.7. The van der Waals surface area contributed by atoms with E-state index in [9.17, 15) is 19.1 Å². The summed E-state index contributed by atoms with van der Waals surface area (Å²) in [5.74, 6) is -2.67. The lowest BCUT2D eigenvalue weighted by Crippen LogP contribution is -2.72. The zero-order chi connectivity index (χ0) is 31.0. The number of pyridine rings is 1. The Morgan fingerprint density at radius 2 is 1.84 bits per heavy atom. The minimum atomic E-state index is -1.60. The molecular weight excluding hydrogens is 582 g/mol. The smallest absolute Gasteiger partial charge is 0.267 e. The number of nitrogens with one attached hydrogen (secondary N) is 2. The second-order valence-electron chi connectivity index (χ2n) is 10.1. The summed E-state index contributed by atoms with van der Waals surface area (Å²) < 4.78 is 35.2. The summed E-state index contributed by atoms with van der Waals surface area (Å²) in [5.41, 5.74) is 6.45. The van der Waals surface area contributed by atoms with Gasteiger partial charge in [-0.05, 0) is 69.4 Å².